The third kappa shape index (κ3) is 6.26. The van der Waals surface area contributed by atoms with E-state index in [9.17, 15) is 0 Å². The maximum Gasteiger partial charge on any atom is 0.0684 e. The van der Waals surface area contributed by atoms with Crippen LogP contribution in [-0.4, -0.2) is 26.7 Å². The summed E-state index contributed by atoms with van der Waals surface area (Å²) in [5, 5.41) is 12.3. The van der Waals surface area contributed by atoms with E-state index in [1.165, 1.54) is 5.69 Å². The summed E-state index contributed by atoms with van der Waals surface area (Å²) < 4.78 is 0. The predicted octanol–water partition coefficient (Wildman–Crippen LogP) is 3.04. The molecule has 0 bridgehead atoms. The van der Waals surface area contributed by atoms with E-state index in [2.05, 4.69) is 47.6 Å². The molecule has 0 saturated heterocycles. The number of benzene rings is 1. The maximum absolute atomic E-state index is 8.91. The van der Waals surface area contributed by atoms with E-state index in [-0.39, 0.29) is 5.41 Å². The monoisotopic (exact) mass is 259 g/mol. The minimum Gasteiger partial charge on any atom is -0.375 e. The molecule has 3 nitrogen and oxygen atoms in total. The van der Waals surface area contributed by atoms with Crippen molar-refractivity contribution in [2.24, 2.45) is 5.41 Å². The summed E-state index contributed by atoms with van der Waals surface area (Å²) in [6.45, 7) is 6.92. The topological polar surface area (TPSA) is 39.1 Å². The minimum absolute atomic E-state index is 0.214. The number of hydrogen-bond donors (Lipinski definition) is 1. The molecular weight excluding hydrogens is 234 g/mol. The lowest BCUT2D eigenvalue weighted by atomic mass is 9.91. The van der Waals surface area contributed by atoms with Crippen molar-refractivity contribution < 1.29 is 0 Å². The smallest absolute Gasteiger partial charge is 0.0684 e. The van der Waals surface area contributed by atoms with Crippen molar-refractivity contribution in [3.63, 3.8) is 0 Å². The molecule has 19 heavy (non-hydrogen) atoms. The number of para-hydroxylation sites is 1. The Balaban J connectivity index is 2.10. The van der Waals surface area contributed by atoms with Gasteiger partial charge < -0.3 is 10.2 Å². The zero-order chi connectivity index (χ0) is 14.1. The molecule has 0 aliphatic heterocycles. The molecule has 0 aliphatic rings. The van der Waals surface area contributed by atoms with Gasteiger partial charge in [0.15, 0.2) is 0 Å². The van der Waals surface area contributed by atoms with Crippen molar-refractivity contribution in [1.82, 2.24) is 5.32 Å². The third-order valence-corrected chi connectivity index (χ3v) is 3.27. The van der Waals surface area contributed by atoms with E-state index in [1.54, 1.807) is 0 Å². The molecule has 0 atom stereocenters. The molecule has 0 aliphatic carbocycles. The highest BCUT2D eigenvalue weighted by Gasteiger charge is 2.15. The van der Waals surface area contributed by atoms with Gasteiger partial charge in [-0.15, -0.1) is 0 Å². The van der Waals surface area contributed by atoms with Crippen LogP contribution >= 0.6 is 0 Å². The number of nitrogens with one attached hydrogen (secondary N) is 1. The Kier molecular flexibility index (Phi) is 6.38. The Morgan fingerprint density at radius 3 is 2.53 bits per heavy atom. The Morgan fingerprint density at radius 1 is 1.21 bits per heavy atom. The molecular formula is C16H25N3. The first-order valence-corrected chi connectivity index (χ1v) is 6.93. The van der Waals surface area contributed by atoms with E-state index >= 15 is 0 Å². The van der Waals surface area contributed by atoms with E-state index < -0.39 is 0 Å². The van der Waals surface area contributed by atoms with Crippen molar-refractivity contribution in [3.05, 3.63) is 30.3 Å². The lowest BCUT2D eigenvalue weighted by Gasteiger charge is -2.19. The third-order valence-electron chi connectivity index (χ3n) is 3.27. The molecule has 0 aromatic heterocycles. The largest absolute Gasteiger partial charge is 0.375 e. The highest BCUT2D eigenvalue weighted by atomic mass is 15.1. The van der Waals surface area contributed by atoms with Crippen LogP contribution in [0.5, 0.6) is 0 Å². The highest BCUT2D eigenvalue weighted by Crippen LogP contribution is 2.17. The molecule has 0 radical (unpaired) electrons. The van der Waals surface area contributed by atoms with Crippen molar-refractivity contribution in [3.8, 4) is 6.07 Å². The Hall–Kier alpha value is -1.53. The van der Waals surface area contributed by atoms with Crippen LogP contribution < -0.4 is 10.2 Å². The Morgan fingerprint density at radius 2 is 1.89 bits per heavy atom. The van der Waals surface area contributed by atoms with E-state index in [1.807, 2.05) is 19.9 Å². The number of rotatable bonds is 8. The number of nitriles is 1. The molecule has 104 valence electrons. The fourth-order valence-corrected chi connectivity index (χ4v) is 1.83. The molecule has 1 rings (SSSR count). The second-order valence-corrected chi connectivity index (χ2v) is 5.61. The summed E-state index contributed by atoms with van der Waals surface area (Å²) >= 11 is 0. The standard InChI is InChI=1S/C16H25N3/c1-16(2,14-17)10-12-18-11-7-13-19(3)15-8-5-4-6-9-15/h4-6,8-9,18H,7,10-13H2,1-3H3. The van der Waals surface area contributed by atoms with Gasteiger partial charge in [-0.1, -0.05) is 18.2 Å². The molecule has 3 heteroatoms. The average Bonchev–Trinajstić information content (AvgIpc) is 2.43. The quantitative estimate of drug-likeness (QED) is 0.729. The fourth-order valence-electron chi connectivity index (χ4n) is 1.83. The lowest BCUT2D eigenvalue weighted by Crippen LogP contribution is -2.26. The van der Waals surface area contributed by atoms with Crippen LogP contribution in [0.3, 0.4) is 0 Å². The SMILES string of the molecule is CN(CCCNCCC(C)(C)C#N)c1ccccc1. The summed E-state index contributed by atoms with van der Waals surface area (Å²) in [6.07, 6.45) is 2.01. The van der Waals surface area contributed by atoms with E-state index in [0.29, 0.717) is 0 Å². The van der Waals surface area contributed by atoms with Gasteiger partial charge in [-0.3, -0.25) is 0 Å². The molecule has 1 N–H and O–H groups in total. The summed E-state index contributed by atoms with van der Waals surface area (Å²) in [4.78, 5) is 2.26. The second-order valence-electron chi connectivity index (χ2n) is 5.61. The predicted molar refractivity (Wildman–Crippen MR) is 81.2 cm³/mol. The zero-order valence-electron chi connectivity index (χ0n) is 12.3. The summed E-state index contributed by atoms with van der Waals surface area (Å²) in [7, 11) is 2.12. The first-order chi connectivity index (χ1) is 9.05. The van der Waals surface area contributed by atoms with Crippen molar-refractivity contribution in [2.75, 3.05) is 31.6 Å². The average molecular weight is 259 g/mol. The zero-order valence-corrected chi connectivity index (χ0v) is 12.3. The van der Waals surface area contributed by atoms with Gasteiger partial charge in [0.05, 0.1) is 11.5 Å². The number of nitrogens with zero attached hydrogens (tertiary/aromatic N) is 2. The van der Waals surface area contributed by atoms with Gasteiger partial charge >= 0.3 is 0 Å². The number of anilines is 1. The molecule has 0 heterocycles. The van der Waals surface area contributed by atoms with Gasteiger partial charge in [0.1, 0.15) is 0 Å². The van der Waals surface area contributed by atoms with Gasteiger partial charge in [-0.2, -0.15) is 5.26 Å². The van der Waals surface area contributed by atoms with E-state index in [4.69, 9.17) is 5.26 Å². The van der Waals surface area contributed by atoms with Crippen LogP contribution in [0, 0.1) is 16.7 Å². The Labute approximate surface area is 117 Å². The van der Waals surface area contributed by atoms with Gasteiger partial charge in [0.25, 0.3) is 0 Å². The molecule has 1 aromatic carbocycles. The van der Waals surface area contributed by atoms with Crippen LogP contribution in [0.25, 0.3) is 0 Å². The van der Waals surface area contributed by atoms with Crippen LogP contribution in [0.1, 0.15) is 26.7 Å². The van der Waals surface area contributed by atoms with Gasteiger partial charge in [0.2, 0.25) is 0 Å². The fraction of sp³-hybridized carbons (Fsp3) is 0.562. The molecule has 0 saturated carbocycles. The van der Waals surface area contributed by atoms with Crippen molar-refractivity contribution in [2.45, 2.75) is 26.7 Å². The van der Waals surface area contributed by atoms with Crippen LogP contribution in [0.2, 0.25) is 0 Å². The first-order valence-electron chi connectivity index (χ1n) is 6.93. The molecule has 0 spiro atoms. The van der Waals surface area contributed by atoms with Gasteiger partial charge in [0, 0.05) is 19.3 Å². The van der Waals surface area contributed by atoms with Crippen molar-refractivity contribution >= 4 is 5.69 Å². The first kappa shape index (κ1) is 15.5. The normalized spacial score (nSPS) is 11.1. The second kappa shape index (κ2) is 7.81. The lowest BCUT2D eigenvalue weighted by molar-refractivity contribution is 0.432. The van der Waals surface area contributed by atoms with Crippen LogP contribution in [0.15, 0.2) is 30.3 Å². The summed E-state index contributed by atoms with van der Waals surface area (Å²) in [6, 6.07) is 12.7. The highest BCUT2D eigenvalue weighted by molar-refractivity contribution is 5.44. The molecule has 1 aromatic rings. The van der Waals surface area contributed by atoms with Gasteiger partial charge in [-0.05, 0) is 51.9 Å². The maximum atomic E-state index is 8.91. The molecule has 0 unspecified atom stereocenters. The Bertz CT molecular complexity index is 392. The minimum atomic E-state index is -0.214. The van der Waals surface area contributed by atoms with Crippen LogP contribution in [0.4, 0.5) is 5.69 Å². The van der Waals surface area contributed by atoms with Crippen molar-refractivity contribution in [1.29, 1.82) is 5.26 Å². The number of hydrogen-bond acceptors (Lipinski definition) is 3. The van der Waals surface area contributed by atoms with E-state index in [0.717, 1.165) is 32.5 Å². The summed E-state index contributed by atoms with van der Waals surface area (Å²) in [5.41, 5.74) is 1.04. The van der Waals surface area contributed by atoms with Crippen LogP contribution in [-0.2, 0) is 0 Å². The summed E-state index contributed by atoms with van der Waals surface area (Å²) in [5.74, 6) is 0. The molecule has 0 amide bonds. The molecule has 0 fully saturated rings. The van der Waals surface area contributed by atoms with Gasteiger partial charge in [-0.25, -0.2) is 0 Å².